The third kappa shape index (κ3) is 1.29. The van der Waals surface area contributed by atoms with Crippen molar-refractivity contribution in [2.24, 2.45) is 0 Å². The van der Waals surface area contributed by atoms with Gasteiger partial charge in [-0.2, -0.15) is 5.26 Å². The first-order valence-electron chi connectivity index (χ1n) is 3.91. The van der Waals surface area contributed by atoms with E-state index in [0.29, 0.717) is 5.56 Å². The second kappa shape index (κ2) is 3.60. The predicted octanol–water partition coefficient (Wildman–Crippen LogP) is 3.54. The van der Waals surface area contributed by atoms with Gasteiger partial charge in [0.15, 0.2) is 0 Å². The van der Waals surface area contributed by atoms with Crippen LogP contribution in [-0.2, 0) is 0 Å². The summed E-state index contributed by atoms with van der Waals surface area (Å²) in [6, 6.07) is 5.87. The van der Waals surface area contributed by atoms with Crippen LogP contribution < -0.4 is 4.74 Å². The molecule has 2 nitrogen and oxygen atoms in total. The summed E-state index contributed by atoms with van der Waals surface area (Å²) in [6.07, 6.45) is 0. The Morgan fingerprint density at radius 3 is 3.00 bits per heavy atom. The van der Waals surface area contributed by atoms with Gasteiger partial charge in [0, 0.05) is 5.39 Å². The molecule has 70 valence electrons. The van der Waals surface area contributed by atoms with Gasteiger partial charge in [-0.1, -0.05) is 0 Å². The lowest BCUT2D eigenvalue weighted by Crippen LogP contribution is -1.86. The van der Waals surface area contributed by atoms with Gasteiger partial charge in [0.1, 0.15) is 11.8 Å². The highest BCUT2D eigenvalue weighted by Gasteiger charge is 2.11. The van der Waals surface area contributed by atoms with E-state index in [0.717, 1.165) is 20.3 Å². The third-order valence-corrected chi connectivity index (χ3v) is 4.00. The molecular formula is C10H6BrNOS. The van der Waals surface area contributed by atoms with Crippen molar-refractivity contribution >= 4 is 37.4 Å². The summed E-state index contributed by atoms with van der Waals surface area (Å²) in [6.45, 7) is 0. The summed E-state index contributed by atoms with van der Waals surface area (Å²) in [5, 5.41) is 11.9. The number of nitriles is 1. The van der Waals surface area contributed by atoms with Gasteiger partial charge in [0.25, 0.3) is 0 Å². The Balaban J connectivity index is 2.89. The molecule has 0 fully saturated rings. The Kier molecular flexibility index (Phi) is 2.44. The van der Waals surface area contributed by atoms with E-state index >= 15 is 0 Å². The van der Waals surface area contributed by atoms with Crippen LogP contribution in [0.5, 0.6) is 5.75 Å². The van der Waals surface area contributed by atoms with E-state index < -0.39 is 0 Å². The molecule has 0 aliphatic rings. The maximum atomic E-state index is 8.90. The summed E-state index contributed by atoms with van der Waals surface area (Å²) in [5.41, 5.74) is 0.608. The first-order chi connectivity index (χ1) is 6.77. The zero-order valence-corrected chi connectivity index (χ0v) is 9.78. The van der Waals surface area contributed by atoms with Crippen molar-refractivity contribution in [2.45, 2.75) is 0 Å². The van der Waals surface area contributed by atoms with Gasteiger partial charge in [-0.05, 0) is 33.4 Å². The molecule has 1 aromatic heterocycles. The first-order valence-corrected chi connectivity index (χ1v) is 5.59. The normalized spacial score (nSPS) is 10.1. The van der Waals surface area contributed by atoms with Crippen LogP contribution in [0.3, 0.4) is 0 Å². The highest BCUT2D eigenvalue weighted by Crippen LogP contribution is 2.37. The van der Waals surface area contributed by atoms with Crippen LogP contribution in [0.25, 0.3) is 10.1 Å². The van der Waals surface area contributed by atoms with Gasteiger partial charge < -0.3 is 4.74 Å². The summed E-state index contributed by atoms with van der Waals surface area (Å²) in [5.74, 6) is 0.751. The molecule has 0 saturated carbocycles. The predicted molar refractivity (Wildman–Crippen MR) is 60.8 cm³/mol. The maximum absolute atomic E-state index is 8.90. The average molecular weight is 268 g/mol. The molecule has 0 amide bonds. The molecule has 0 radical (unpaired) electrons. The Morgan fingerprint density at radius 1 is 1.57 bits per heavy atom. The number of hydrogen-bond donors (Lipinski definition) is 0. The number of hydrogen-bond acceptors (Lipinski definition) is 3. The molecule has 14 heavy (non-hydrogen) atoms. The number of halogens is 1. The Hall–Kier alpha value is -1.05. The topological polar surface area (TPSA) is 33.0 Å². The number of thiophene rings is 1. The van der Waals surface area contributed by atoms with E-state index in [-0.39, 0.29) is 0 Å². The molecule has 0 aliphatic heterocycles. The second-order valence-corrected chi connectivity index (χ2v) is 4.42. The van der Waals surface area contributed by atoms with E-state index in [9.17, 15) is 0 Å². The van der Waals surface area contributed by atoms with Crippen LogP contribution in [0.15, 0.2) is 22.0 Å². The fourth-order valence-corrected chi connectivity index (χ4v) is 2.86. The molecular weight excluding hydrogens is 262 g/mol. The molecule has 0 saturated heterocycles. The number of ether oxygens (including phenoxy) is 1. The molecule has 4 heteroatoms. The van der Waals surface area contributed by atoms with Gasteiger partial charge in [0.2, 0.25) is 0 Å². The number of benzene rings is 1. The van der Waals surface area contributed by atoms with Gasteiger partial charge in [-0.15, -0.1) is 11.3 Å². The van der Waals surface area contributed by atoms with Crippen LogP contribution >= 0.6 is 27.3 Å². The fourth-order valence-electron chi connectivity index (χ4n) is 1.32. The molecule has 0 unspecified atom stereocenters. The lowest BCUT2D eigenvalue weighted by Gasteiger charge is -2.04. The molecule has 0 spiro atoms. The first kappa shape index (κ1) is 9.50. The highest BCUT2D eigenvalue weighted by atomic mass is 79.9. The van der Waals surface area contributed by atoms with Crippen molar-refractivity contribution < 1.29 is 4.74 Å². The van der Waals surface area contributed by atoms with Crippen molar-refractivity contribution in [3.63, 3.8) is 0 Å². The quantitative estimate of drug-likeness (QED) is 0.792. The lowest BCUT2D eigenvalue weighted by atomic mass is 10.2. The van der Waals surface area contributed by atoms with Crippen molar-refractivity contribution in [1.82, 2.24) is 0 Å². The van der Waals surface area contributed by atoms with E-state index in [1.165, 1.54) is 0 Å². The molecule has 0 aliphatic carbocycles. The summed E-state index contributed by atoms with van der Waals surface area (Å²) >= 11 is 5.01. The van der Waals surface area contributed by atoms with E-state index in [1.807, 2.05) is 11.4 Å². The minimum absolute atomic E-state index is 0.608. The van der Waals surface area contributed by atoms with E-state index in [1.54, 1.807) is 24.5 Å². The van der Waals surface area contributed by atoms with Gasteiger partial charge in [-0.25, -0.2) is 0 Å². The van der Waals surface area contributed by atoms with E-state index in [4.69, 9.17) is 10.00 Å². The second-order valence-electron chi connectivity index (χ2n) is 2.72. The zero-order chi connectivity index (χ0) is 10.1. The molecule has 0 atom stereocenters. The molecule has 2 aromatic rings. The van der Waals surface area contributed by atoms with Crippen LogP contribution in [0.1, 0.15) is 5.56 Å². The monoisotopic (exact) mass is 267 g/mol. The summed E-state index contributed by atoms with van der Waals surface area (Å²) < 4.78 is 7.13. The van der Waals surface area contributed by atoms with Crippen LogP contribution in [-0.4, -0.2) is 7.11 Å². The standard InChI is InChI=1S/C10H6BrNOS/c1-13-8-4-6(5-12)9(11)10-7(8)2-3-14-10/h2-4H,1H3. The zero-order valence-electron chi connectivity index (χ0n) is 7.37. The fraction of sp³-hybridized carbons (Fsp3) is 0.100. The van der Waals surface area contributed by atoms with Gasteiger partial charge >= 0.3 is 0 Å². The molecule has 2 rings (SSSR count). The maximum Gasteiger partial charge on any atom is 0.128 e. The smallest absolute Gasteiger partial charge is 0.128 e. The summed E-state index contributed by atoms with van der Waals surface area (Å²) in [4.78, 5) is 0. The van der Waals surface area contributed by atoms with Crippen molar-refractivity contribution in [1.29, 1.82) is 5.26 Å². The van der Waals surface area contributed by atoms with Crippen LogP contribution in [0.4, 0.5) is 0 Å². The minimum atomic E-state index is 0.608. The molecule has 1 aromatic carbocycles. The molecule has 0 bridgehead atoms. The minimum Gasteiger partial charge on any atom is -0.496 e. The van der Waals surface area contributed by atoms with Crippen LogP contribution in [0, 0.1) is 11.3 Å². The van der Waals surface area contributed by atoms with Crippen LogP contribution in [0.2, 0.25) is 0 Å². The van der Waals surface area contributed by atoms with E-state index in [2.05, 4.69) is 22.0 Å². The Labute approximate surface area is 93.9 Å². The van der Waals surface area contributed by atoms with Crippen molar-refractivity contribution in [3.8, 4) is 11.8 Å². The van der Waals surface area contributed by atoms with Crippen molar-refractivity contribution in [2.75, 3.05) is 7.11 Å². The number of methoxy groups -OCH3 is 1. The number of nitrogens with zero attached hydrogens (tertiary/aromatic N) is 1. The summed E-state index contributed by atoms with van der Waals surface area (Å²) in [7, 11) is 1.61. The molecule has 1 heterocycles. The number of fused-ring (bicyclic) bond motifs is 1. The lowest BCUT2D eigenvalue weighted by molar-refractivity contribution is 0.419. The Bertz CT molecular complexity index is 527. The Morgan fingerprint density at radius 2 is 2.36 bits per heavy atom. The SMILES string of the molecule is COc1cc(C#N)c(Br)c2sccc12. The largest absolute Gasteiger partial charge is 0.496 e. The van der Waals surface area contributed by atoms with Gasteiger partial charge in [0.05, 0.1) is 21.8 Å². The molecule has 0 N–H and O–H groups in total. The average Bonchev–Trinajstić information content (AvgIpc) is 2.68. The van der Waals surface area contributed by atoms with Crippen molar-refractivity contribution in [3.05, 3.63) is 27.5 Å². The highest BCUT2D eigenvalue weighted by molar-refractivity contribution is 9.10. The number of rotatable bonds is 1. The third-order valence-electron chi connectivity index (χ3n) is 1.98. The van der Waals surface area contributed by atoms with Gasteiger partial charge in [-0.3, -0.25) is 0 Å².